The van der Waals surface area contributed by atoms with Gasteiger partial charge in [-0.25, -0.2) is 0 Å². The zero-order valence-electron chi connectivity index (χ0n) is 18.7. The first kappa shape index (κ1) is 25.0. The van der Waals surface area contributed by atoms with Crippen molar-refractivity contribution in [1.82, 2.24) is 0 Å². The van der Waals surface area contributed by atoms with Crippen LogP contribution in [0.25, 0.3) is 6.08 Å². The lowest BCUT2D eigenvalue weighted by atomic mass is 10.0. The molecule has 2 aromatic carbocycles. The highest BCUT2D eigenvalue weighted by Gasteiger charge is 2.27. The summed E-state index contributed by atoms with van der Waals surface area (Å²) in [6, 6.07) is 8.39. The average Bonchev–Trinajstić information content (AvgIpc) is 2.83. The molecule has 174 valence electrons. The summed E-state index contributed by atoms with van der Waals surface area (Å²) in [7, 11) is 7.33. The van der Waals surface area contributed by atoms with E-state index in [-0.39, 0.29) is 30.6 Å². The van der Waals surface area contributed by atoms with Gasteiger partial charge in [0.1, 0.15) is 11.9 Å². The number of carbonyl (C=O) groups is 1. The van der Waals surface area contributed by atoms with Crippen molar-refractivity contribution in [2.45, 2.75) is 6.10 Å². The van der Waals surface area contributed by atoms with E-state index in [1.165, 1.54) is 47.7 Å². The first-order valence-electron chi connectivity index (χ1n) is 9.57. The van der Waals surface area contributed by atoms with E-state index in [0.717, 1.165) is 0 Å². The molecule has 0 saturated carbocycles. The zero-order valence-corrected chi connectivity index (χ0v) is 18.7. The van der Waals surface area contributed by atoms with Gasteiger partial charge in [0.15, 0.2) is 42.4 Å². The predicted molar refractivity (Wildman–Crippen MR) is 117 cm³/mol. The quantitative estimate of drug-likeness (QED) is 0.366. The van der Waals surface area contributed by atoms with Crippen LogP contribution < -0.4 is 23.7 Å². The number of carbonyl (C=O) groups excluding carboxylic acids is 1. The molecule has 9 heteroatoms. The van der Waals surface area contributed by atoms with Crippen molar-refractivity contribution in [3.63, 3.8) is 0 Å². The molecule has 9 nitrogen and oxygen atoms in total. The number of aliphatic hydroxyl groups excluding tert-OH is 1. The van der Waals surface area contributed by atoms with Gasteiger partial charge in [-0.05, 0) is 30.4 Å². The minimum atomic E-state index is -1.59. The Bertz CT molecular complexity index is 924. The van der Waals surface area contributed by atoms with Crippen molar-refractivity contribution >= 4 is 11.9 Å². The van der Waals surface area contributed by atoms with Crippen molar-refractivity contribution in [3.05, 3.63) is 47.5 Å². The second-order valence-electron chi connectivity index (χ2n) is 6.33. The third-order valence-electron chi connectivity index (χ3n) is 4.40. The highest BCUT2D eigenvalue weighted by atomic mass is 16.7. The summed E-state index contributed by atoms with van der Waals surface area (Å²) < 4.78 is 37.0. The molecule has 1 N–H and O–H groups in total. The minimum Gasteiger partial charge on any atom is -0.496 e. The lowest BCUT2D eigenvalue weighted by Gasteiger charge is -2.19. The molecule has 0 spiro atoms. The fourth-order valence-electron chi connectivity index (χ4n) is 2.93. The predicted octanol–water partition coefficient (Wildman–Crippen LogP) is 2.99. The Balaban J connectivity index is 2.40. The van der Waals surface area contributed by atoms with Gasteiger partial charge in [0.25, 0.3) is 0 Å². The lowest BCUT2D eigenvalue weighted by Crippen LogP contribution is -2.14. The highest BCUT2D eigenvalue weighted by molar-refractivity contribution is 5.98. The monoisotopic (exact) mass is 448 g/mol. The number of ketones is 1. The molecule has 32 heavy (non-hydrogen) atoms. The van der Waals surface area contributed by atoms with E-state index in [0.29, 0.717) is 22.8 Å². The third kappa shape index (κ3) is 5.91. The standard InChI is InChI=1S/C23H28O9/c1-26-13-31-22-15(7-6-8-18(22)29-4)9-10-16(24)21(25)20-17(28-3)11-12-19(30-5)23(20)32-14-27-2/h6-12,21,25H,13-14H2,1-5H3/b10-9-. The third-order valence-corrected chi connectivity index (χ3v) is 4.40. The van der Waals surface area contributed by atoms with Crippen LogP contribution in [0.3, 0.4) is 0 Å². The summed E-state index contributed by atoms with van der Waals surface area (Å²) >= 11 is 0. The van der Waals surface area contributed by atoms with Crippen LogP contribution in [0.5, 0.6) is 28.7 Å². The van der Waals surface area contributed by atoms with Crippen LogP contribution in [0, 0.1) is 0 Å². The Morgan fingerprint density at radius 3 is 2.00 bits per heavy atom. The number of rotatable bonds is 13. The topological polar surface area (TPSA) is 102 Å². The average molecular weight is 448 g/mol. The summed E-state index contributed by atoms with van der Waals surface area (Å²) in [4.78, 5) is 12.9. The maximum Gasteiger partial charge on any atom is 0.188 e. The summed E-state index contributed by atoms with van der Waals surface area (Å²) in [5.74, 6) is 0.988. The zero-order chi connectivity index (χ0) is 23.5. The Hall–Kier alpha value is -3.27. The molecular formula is C23H28O9. The Morgan fingerprint density at radius 2 is 1.41 bits per heavy atom. The molecule has 0 amide bonds. The normalized spacial score (nSPS) is 11.8. The number of aliphatic hydroxyl groups is 1. The number of ether oxygens (including phenoxy) is 7. The van der Waals surface area contributed by atoms with E-state index >= 15 is 0 Å². The summed E-state index contributed by atoms with van der Waals surface area (Å²) in [5, 5.41) is 10.9. The molecule has 0 heterocycles. The molecule has 2 aromatic rings. The largest absolute Gasteiger partial charge is 0.496 e. The molecule has 0 aromatic heterocycles. The SMILES string of the molecule is COCOc1c(/C=C\C(=O)C(O)c2c(OC)ccc(OC)c2OCOC)cccc1OC. The van der Waals surface area contributed by atoms with Crippen LogP contribution in [0.15, 0.2) is 36.4 Å². The van der Waals surface area contributed by atoms with Crippen molar-refractivity contribution < 1.29 is 43.1 Å². The first-order chi connectivity index (χ1) is 15.5. The van der Waals surface area contributed by atoms with Gasteiger partial charge in [-0.15, -0.1) is 0 Å². The van der Waals surface area contributed by atoms with E-state index in [4.69, 9.17) is 33.2 Å². The lowest BCUT2D eigenvalue weighted by molar-refractivity contribution is -0.122. The van der Waals surface area contributed by atoms with Gasteiger partial charge in [-0.1, -0.05) is 12.1 Å². The fraction of sp³-hybridized carbons (Fsp3) is 0.348. The molecule has 2 rings (SSSR count). The van der Waals surface area contributed by atoms with E-state index in [1.54, 1.807) is 30.3 Å². The van der Waals surface area contributed by atoms with E-state index in [2.05, 4.69) is 0 Å². The van der Waals surface area contributed by atoms with E-state index < -0.39 is 11.9 Å². The second-order valence-corrected chi connectivity index (χ2v) is 6.33. The van der Waals surface area contributed by atoms with Gasteiger partial charge >= 0.3 is 0 Å². The van der Waals surface area contributed by atoms with Crippen LogP contribution in [0.2, 0.25) is 0 Å². The van der Waals surface area contributed by atoms with Crippen molar-refractivity contribution in [2.24, 2.45) is 0 Å². The summed E-state index contributed by atoms with van der Waals surface area (Å²) in [6.07, 6.45) is 1.16. The van der Waals surface area contributed by atoms with E-state index in [1.807, 2.05) is 0 Å². The molecule has 0 radical (unpaired) electrons. The summed E-state index contributed by atoms with van der Waals surface area (Å²) in [5.41, 5.74) is 0.690. The molecule has 0 aliphatic heterocycles. The fourth-order valence-corrected chi connectivity index (χ4v) is 2.93. The van der Waals surface area contributed by atoms with Crippen molar-refractivity contribution in [2.75, 3.05) is 49.1 Å². The summed E-state index contributed by atoms with van der Waals surface area (Å²) in [6.45, 7) is -0.115. The minimum absolute atomic E-state index is 0.00100. The van der Waals surface area contributed by atoms with Gasteiger partial charge in [-0.3, -0.25) is 4.79 Å². The maximum absolute atomic E-state index is 12.9. The number of benzene rings is 2. The van der Waals surface area contributed by atoms with Crippen molar-refractivity contribution in [1.29, 1.82) is 0 Å². The molecule has 0 aliphatic carbocycles. The maximum atomic E-state index is 12.9. The van der Waals surface area contributed by atoms with Crippen LogP contribution in [0.4, 0.5) is 0 Å². The number of hydrogen-bond acceptors (Lipinski definition) is 9. The molecular weight excluding hydrogens is 420 g/mol. The number of methoxy groups -OCH3 is 5. The second kappa shape index (κ2) is 12.6. The number of hydrogen-bond donors (Lipinski definition) is 1. The van der Waals surface area contributed by atoms with Crippen LogP contribution >= 0.6 is 0 Å². The first-order valence-corrected chi connectivity index (χ1v) is 9.57. The Labute approximate surface area is 187 Å². The highest BCUT2D eigenvalue weighted by Crippen LogP contribution is 2.42. The molecule has 1 atom stereocenters. The van der Waals surface area contributed by atoms with Crippen molar-refractivity contribution in [3.8, 4) is 28.7 Å². The smallest absolute Gasteiger partial charge is 0.188 e. The Morgan fingerprint density at radius 1 is 0.844 bits per heavy atom. The van der Waals surface area contributed by atoms with E-state index in [9.17, 15) is 9.90 Å². The van der Waals surface area contributed by atoms with Gasteiger partial charge in [0.05, 0.1) is 26.9 Å². The van der Waals surface area contributed by atoms with Gasteiger partial charge < -0.3 is 38.3 Å². The van der Waals surface area contributed by atoms with Crippen LogP contribution in [-0.4, -0.2) is 60.0 Å². The molecule has 0 fully saturated rings. The van der Waals surface area contributed by atoms with Gasteiger partial charge in [0.2, 0.25) is 0 Å². The molecule has 0 aliphatic rings. The number of para-hydroxylation sites is 1. The van der Waals surface area contributed by atoms with Crippen LogP contribution in [0.1, 0.15) is 17.2 Å². The van der Waals surface area contributed by atoms with Gasteiger partial charge in [-0.2, -0.15) is 0 Å². The van der Waals surface area contributed by atoms with Gasteiger partial charge in [0, 0.05) is 19.8 Å². The Kier molecular flexibility index (Phi) is 9.80. The van der Waals surface area contributed by atoms with Crippen LogP contribution in [-0.2, 0) is 14.3 Å². The molecule has 1 unspecified atom stereocenters. The molecule has 0 saturated heterocycles. The molecule has 0 bridgehead atoms.